The highest BCUT2D eigenvalue weighted by Crippen LogP contribution is 2.26. The molecule has 0 atom stereocenters. The average Bonchev–Trinajstić information content (AvgIpc) is 2.40. The molecule has 0 bridgehead atoms. The molecule has 1 aromatic rings. The molecule has 1 aromatic carbocycles. The van der Waals surface area contributed by atoms with Crippen LogP contribution in [0.2, 0.25) is 0 Å². The lowest BCUT2D eigenvalue weighted by Crippen LogP contribution is -2.25. The third-order valence-electron chi connectivity index (χ3n) is 3.42. The van der Waals surface area contributed by atoms with E-state index in [-0.39, 0.29) is 5.75 Å². The lowest BCUT2D eigenvalue weighted by atomic mass is 9.88. The third kappa shape index (κ3) is 3.00. The molecule has 4 heteroatoms. The molecule has 2 rings (SSSR count). The Balaban J connectivity index is 2.13. The Bertz CT molecular complexity index is 439. The predicted octanol–water partition coefficient (Wildman–Crippen LogP) is 3.40. The zero-order valence-electron chi connectivity index (χ0n) is 10.7. The molecule has 0 saturated heterocycles. The molecule has 0 aromatic heterocycles. The van der Waals surface area contributed by atoms with Crippen LogP contribution >= 0.6 is 0 Å². The Kier molecular flexibility index (Phi) is 4.18. The van der Waals surface area contributed by atoms with Crippen LogP contribution in [0.5, 0.6) is 5.75 Å². The van der Waals surface area contributed by atoms with Crippen molar-refractivity contribution in [2.24, 2.45) is 16.6 Å². The number of nitrogens with zero attached hydrogens (tertiary/aromatic N) is 1. The van der Waals surface area contributed by atoms with Crippen molar-refractivity contribution in [3.63, 3.8) is 0 Å². The largest absolute Gasteiger partial charge is 0.494 e. The highest BCUT2D eigenvalue weighted by molar-refractivity contribution is 5.85. The first-order valence-corrected chi connectivity index (χ1v) is 6.38. The fourth-order valence-corrected chi connectivity index (χ4v) is 2.36. The molecular weight excluding hydrogens is 231 g/mol. The second-order valence-electron chi connectivity index (χ2n) is 4.69. The summed E-state index contributed by atoms with van der Waals surface area (Å²) in [7, 11) is 1.44. The number of benzene rings is 1. The lowest BCUT2D eigenvalue weighted by molar-refractivity contribution is 0.386. The van der Waals surface area contributed by atoms with Gasteiger partial charge in [0.05, 0.1) is 12.8 Å². The van der Waals surface area contributed by atoms with Crippen molar-refractivity contribution >= 4 is 11.5 Å². The minimum absolute atomic E-state index is 0.227. The second-order valence-corrected chi connectivity index (χ2v) is 4.69. The van der Waals surface area contributed by atoms with Crippen molar-refractivity contribution in [1.82, 2.24) is 0 Å². The van der Waals surface area contributed by atoms with Crippen molar-refractivity contribution in [3.8, 4) is 5.75 Å². The maximum Gasteiger partial charge on any atom is 0.167 e. The highest BCUT2D eigenvalue weighted by atomic mass is 19.1. The number of hydrogen-bond donors (Lipinski definition) is 1. The van der Waals surface area contributed by atoms with Crippen LogP contribution in [0.4, 0.5) is 10.1 Å². The van der Waals surface area contributed by atoms with Crippen molar-refractivity contribution in [2.75, 3.05) is 7.11 Å². The van der Waals surface area contributed by atoms with Gasteiger partial charge in [-0.05, 0) is 25.0 Å². The van der Waals surface area contributed by atoms with E-state index in [1.54, 1.807) is 12.1 Å². The summed E-state index contributed by atoms with van der Waals surface area (Å²) in [5.41, 5.74) is 6.55. The molecule has 0 spiro atoms. The van der Waals surface area contributed by atoms with Gasteiger partial charge in [0.25, 0.3) is 0 Å². The van der Waals surface area contributed by atoms with Gasteiger partial charge in [0.15, 0.2) is 11.6 Å². The molecule has 0 aliphatic heterocycles. The van der Waals surface area contributed by atoms with Crippen LogP contribution in [0.15, 0.2) is 23.2 Å². The first kappa shape index (κ1) is 12.9. The zero-order valence-corrected chi connectivity index (χ0v) is 10.7. The van der Waals surface area contributed by atoms with Crippen molar-refractivity contribution in [2.45, 2.75) is 32.1 Å². The number of hydrogen-bond acceptors (Lipinski definition) is 2. The van der Waals surface area contributed by atoms with E-state index >= 15 is 0 Å². The topological polar surface area (TPSA) is 47.6 Å². The first-order chi connectivity index (χ1) is 8.70. The molecule has 98 valence electrons. The Hall–Kier alpha value is -1.58. The van der Waals surface area contributed by atoms with E-state index in [4.69, 9.17) is 10.5 Å². The van der Waals surface area contributed by atoms with Gasteiger partial charge < -0.3 is 10.5 Å². The van der Waals surface area contributed by atoms with Crippen molar-refractivity contribution < 1.29 is 9.13 Å². The van der Waals surface area contributed by atoms with Crippen LogP contribution in [0.3, 0.4) is 0 Å². The number of ether oxygens (including phenoxy) is 1. The number of rotatable bonds is 3. The SMILES string of the molecule is COc1ccc(N=C(N)C2CCCCC2)cc1F. The molecule has 1 aliphatic rings. The zero-order chi connectivity index (χ0) is 13.0. The monoisotopic (exact) mass is 250 g/mol. The van der Waals surface area contributed by atoms with Gasteiger partial charge in [0.1, 0.15) is 5.84 Å². The Morgan fingerprint density at radius 2 is 2.06 bits per heavy atom. The van der Waals surface area contributed by atoms with Gasteiger partial charge in [-0.3, -0.25) is 0 Å². The predicted molar refractivity (Wildman–Crippen MR) is 70.8 cm³/mol. The van der Waals surface area contributed by atoms with Gasteiger partial charge in [-0.15, -0.1) is 0 Å². The van der Waals surface area contributed by atoms with E-state index in [0.717, 1.165) is 12.8 Å². The fourth-order valence-electron chi connectivity index (χ4n) is 2.36. The summed E-state index contributed by atoms with van der Waals surface area (Å²) in [4.78, 5) is 4.32. The van der Waals surface area contributed by atoms with Crippen LogP contribution < -0.4 is 10.5 Å². The van der Waals surface area contributed by atoms with Crippen LogP contribution in [-0.2, 0) is 0 Å². The summed E-state index contributed by atoms with van der Waals surface area (Å²) in [6.07, 6.45) is 5.87. The van der Waals surface area contributed by atoms with Gasteiger partial charge in [0.2, 0.25) is 0 Å². The summed E-state index contributed by atoms with van der Waals surface area (Å²) < 4.78 is 18.4. The average molecular weight is 250 g/mol. The Labute approximate surface area is 107 Å². The second kappa shape index (κ2) is 5.85. The lowest BCUT2D eigenvalue weighted by Gasteiger charge is -2.20. The summed E-state index contributed by atoms with van der Waals surface area (Å²) >= 11 is 0. The van der Waals surface area contributed by atoms with Crippen LogP contribution in [0.25, 0.3) is 0 Å². The van der Waals surface area contributed by atoms with Gasteiger partial charge in [-0.2, -0.15) is 0 Å². The Morgan fingerprint density at radius 1 is 1.33 bits per heavy atom. The first-order valence-electron chi connectivity index (χ1n) is 6.38. The molecule has 2 N–H and O–H groups in total. The summed E-state index contributed by atoms with van der Waals surface area (Å²) in [6, 6.07) is 4.65. The third-order valence-corrected chi connectivity index (χ3v) is 3.42. The van der Waals surface area contributed by atoms with Gasteiger partial charge in [-0.1, -0.05) is 19.3 Å². The minimum atomic E-state index is -0.407. The van der Waals surface area contributed by atoms with E-state index < -0.39 is 5.82 Å². The van der Waals surface area contributed by atoms with Crippen molar-refractivity contribution in [1.29, 1.82) is 0 Å². The van der Waals surface area contributed by atoms with Crippen LogP contribution in [-0.4, -0.2) is 12.9 Å². The smallest absolute Gasteiger partial charge is 0.167 e. The standard InChI is InChI=1S/C14H19FN2O/c1-18-13-8-7-11(9-12(13)15)17-14(16)10-5-3-2-4-6-10/h7-10H,2-6H2,1H3,(H2,16,17). The molecule has 3 nitrogen and oxygen atoms in total. The van der Waals surface area contributed by atoms with E-state index in [0.29, 0.717) is 17.4 Å². The molecule has 0 radical (unpaired) electrons. The van der Waals surface area contributed by atoms with E-state index in [2.05, 4.69) is 4.99 Å². The number of amidine groups is 1. The number of aliphatic imine (C=N–C) groups is 1. The quantitative estimate of drug-likeness (QED) is 0.660. The molecule has 0 amide bonds. The highest BCUT2D eigenvalue weighted by Gasteiger charge is 2.17. The minimum Gasteiger partial charge on any atom is -0.494 e. The molecular formula is C14H19FN2O. The molecule has 0 heterocycles. The van der Waals surface area contributed by atoms with Crippen LogP contribution in [0, 0.1) is 11.7 Å². The Morgan fingerprint density at radius 3 is 2.67 bits per heavy atom. The van der Waals surface area contributed by atoms with Crippen molar-refractivity contribution in [3.05, 3.63) is 24.0 Å². The normalized spacial score (nSPS) is 17.8. The summed E-state index contributed by atoms with van der Waals surface area (Å²) in [6.45, 7) is 0. The number of halogens is 1. The fraction of sp³-hybridized carbons (Fsp3) is 0.500. The maximum absolute atomic E-state index is 13.5. The molecule has 1 saturated carbocycles. The maximum atomic E-state index is 13.5. The molecule has 1 aliphatic carbocycles. The molecule has 1 fully saturated rings. The van der Waals surface area contributed by atoms with Gasteiger partial charge in [-0.25, -0.2) is 9.38 Å². The van der Waals surface area contributed by atoms with E-state index in [1.165, 1.54) is 32.4 Å². The number of methoxy groups -OCH3 is 1. The van der Waals surface area contributed by atoms with Crippen LogP contribution in [0.1, 0.15) is 32.1 Å². The molecule has 18 heavy (non-hydrogen) atoms. The van der Waals surface area contributed by atoms with E-state index in [1.807, 2.05) is 0 Å². The van der Waals surface area contributed by atoms with Gasteiger partial charge >= 0.3 is 0 Å². The van der Waals surface area contributed by atoms with E-state index in [9.17, 15) is 4.39 Å². The summed E-state index contributed by atoms with van der Waals surface area (Å²) in [5.74, 6) is 0.795. The summed E-state index contributed by atoms with van der Waals surface area (Å²) in [5, 5.41) is 0. The van der Waals surface area contributed by atoms with Gasteiger partial charge in [0, 0.05) is 12.0 Å². The molecule has 0 unspecified atom stereocenters. The number of nitrogens with two attached hydrogens (primary N) is 1.